The van der Waals surface area contributed by atoms with Gasteiger partial charge >= 0.3 is 0 Å². The lowest BCUT2D eigenvalue weighted by molar-refractivity contribution is 0.410. The molecule has 0 saturated heterocycles. The van der Waals surface area contributed by atoms with Crippen LogP contribution in [0.15, 0.2) is 23.2 Å². The molecule has 19 heavy (non-hydrogen) atoms. The van der Waals surface area contributed by atoms with Crippen LogP contribution in [0.4, 0.5) is 5.82 Å². The molecule has 5 nitrogen and oxygen atoms in total. The molecule has 0 radical (unpaired) electrons. The van der Waals surface area contributed by atoms with Crippen LogP contribution in [0, 0.1) is 0 Å². The molecule has 0 amide bonds. The molecule has 0 aliphatic heterocycles. The van der Waals surface area contributed by atoms with Crippen molar-refractivity contribution in [1.82, 2.24) is 9.29 Å². The Bertz CT molecular complexity index is 482. The summed E-state index contributed by atoms with van der Waals surface area (Å²) in [6.07, 6.45) is 3.20. The lowest BCUT2D eigenvalue weighted by Gasteiger charge is -2.22. The molecule has 0 aliphatic carbocycles. The molecule has 6 heteroatoms. The molecule has 0 aromatic carbocycles. The highest BCUT2D eigenvalue weighted by Crippen LogP contribution is 2.22. The van der Waals surface area contributed by atoms with E-state index < -0.39 is 10.0 Å². The van der Waals surface area contributed by atoms with E-state index in [0.29, 0.717) is 25.5 Å². The van der Waals surface area contributed by atoms with Crippen LogP contribution in [0.2, 0.25) is 0 Å². The molecular weight excluding hydrogens is 262 g/mol. The average Bonchev–Trinajstić information content (AvgIpc) is 2.39. The third-order valence-corrected chi connectivity index (χ3v) is 4.61. The van der Waals surface area contributed by atoms with E-state index in [9.17, 15) is 8.42 Å². The summed E-state index contributed by atoms with van der Waals surface area (Å²) in [5, 5.41) is 3.00. The molecule has 1 N–H and O–H groups in total. The van der Waals surface area contributed by atoms with Gasteiger partial charge in [0, 0.05) is 25.8 Å². The lowest BCUT2D eigenvalue weighted by Crippen LogP contribution is -2.33. The van der Waals surface area contributed by atoms with Crippen LogP contribution in [0.5, 0.6) is 0 Å². The van der Waals surface area contributed by atoms with Crippen LogP contribution in [0.25, 0.3) is 0 Å². The third kappa shape index (κ3) is 3.91. The molecule has 0 fully saturated rings. The first-order valence-electron chi connectivity index (χ1n) is 6.76. The molecule has 0 aliphatic rings. The first kappa shape index (κ1) is 15.9. The smallest absolute Gasteiger partial charge is 0.246 e. The van der Waals surface area contributed by atoms with Crippen molar-refractivity contribution in [2.24, 2.45) is 0 Å². The minimum atomic E-state index is -3.47. The van der Waals surface area contributed by atoms with E-state index in [0.717, 1.165) is 12.8 Å². The normalized spacial score (nSPS) is 11.8. The average molecular weight is 285 g/mol. The number of hydrogen-bond donors (Lipinski definition) is 1. The Morgan fingerprint density at radius 3 is 2.37 bits per heavy atom. The Morgan fingerprint density at radius 1 is 1.21 bits per heavy atom. The zero-order valence-electron chi connectivity index (χ0n) is 11.9. The predicted octanol–water partition coefficient (Wildman–Crippen LogP) is 2.32. The molecule has 0 atom stereocenters. The summed E-state index contributed by atoms with van der Waals surface area (Å²) in [5.74, 6) is 0.433. The first-order valence-corrected chi connectivity index (χ1v) is 8.20. The van der Waals surface area contributed by atoms with Crippen molar-refractivity contribution in [3.05, 3.63) is 18.3 Å². The molecule has 0 spiro atoms. The second-order valence-corrected chi connectivity index (χ2v) is 6.19. The third-order valence-electron chi connectivity index (χ3n) is 2.68. The van der Waals surface area contributed by atoms with Crippen LogP contribution in [-0.2, 0) is 10.0 Å². The van der Waals surface area contributed by atoms with E-state index in [1.165, 1.54) is 4.31 Å². The van der Waals surface area contributed by atoms with Crippen LogP contribution in [0.1, 0.15) is 33.6 Å². The van der Waals surface area contributed by atoms with Gasteiger partial charge in [-0.1, -0.05) is 13.8 Å². The van der Waals surface area contributed by atoms with Crippen LogP contribution in [-0.4, -0.2) is 37.3 Å². The standard InChI is InChI=1S/C13H23N3O2S/c1-4-10-16(11-5-2)19(17,18)12-8-7-9-15-13(12)14-6-3/h7-9H,4-6,10-11H2,1-3H3,(H,14,15). The summed E-state index contributed by atoms with van der Waals surface area (Å²) in [6.45, 7) is 7.59. The number of anilines is 1. The Balaban J connectivity index is 3.16. The summed E-state index contributed by atoms with van der Waals surface area (Å²) in [5.41, 5.74) is 0. The zero-order chi connectivity index (χ0) is 14.3. The molecule has 1 aromatic rings. The van der Waals surface area contributed by atoms with Crippen molar-refractivity contribution in [3.8, 4) is 0 Å². The van der Waals surface area contributed by atoms with E-state index in [-0.39, 0.29) is 4.90 Å². The quantitative estimate of drug-likeness (QED) is 0.796. The van der Waals surface area contributed by atoms with Gasteiger partial charge in [-0.3, -0.25) is 0 Å². The SMILES string of the molecule is CCCN(CCC)S(=O)(=O)c1cccnc1NCC. The second kappa shape index (κ2) is 7.45. The summed E-state index contributed by atoms with van der Waals surface area (Å²) in [4.78, 5) is 4.38. The number of rotatable bonds is 8. The van der Waals surface area contributed by atoms with Gasteiger partial charge < -0.3 is 5.32 Å². The fraction of sp³-hybridized carbons (Fsp3) is 0.615. The van der Waals surface area contributed by atoms with Gasteiger partial charge in [0.05, 0.1) is 0 Å². The number of nitrogens with zero attached hydrogens (tertiary/aromatic N) is 2. The summed E-state index contributed by atoms with van der Waals surface area (Å²) >= 11 is 0. The van der Waals surface area contributed by atoms with Crippen LogP contribution in [0.3, 0.4) is 0 Å². The van der Waals surface area contributed by atoms with Gasteiger partial charge in [0.25, 0.3) is 0 Å². The number of sulfonamides is 1. The zero-order valence-corrected chi connectivity index (χ0v) is 12.7. The molecule has 1 aromatic heterocycles. The fourth-order valence-corrected chi connectivity index (χ4v) is 3.63. The number of nitrogens with one attached hydrogen (secondary N) is 1. The van der Waals surface area contributed by atoms with Gasteiger partial charge in [0.2, 0.25) is 10.0 Å². The van der Waals surface area contributed by atoms with E-state index in [4.69, 9.17) is 0 Å². The molecule has 0 saturated carbocycles. The minimum Gasteiger partial charge on any atom is -0.369 e. The second-order valence-electron chi connectivity index (χ2n) is 4.28. The maximum atomic E-state index is 12.7. The highest BCUT2D eigenvalue weighted by molar-refractivity contribution is 7.89. The Hall–Kier alpha value is -1.14. The minimum absolute atomic E-state index is 0.263. The van der Waals surface area contributed by atoms with E-state index in [2.05, 4.69) is 10.3 Å². The molecule has 108 valence electrons. The maximum Gasteiger partial charge on any atom is 0.246 e. The molecular formula is C13H23N3O2S. The molecule has 1 rings (SSSR count). The van der Waals surface area contributed by atoms with E-state index in [1.807, 2.05) is 20.8 Å². The fourth-order valence-electron chi connectivity index (χ4n) is 1.89. The Labute approximate surface area is 116 Å². The lowest BCUT2D eigenvalue weighted by atomic mass is 10.4. The largest absolute Gasteiger partial charge is 0.369 e. The van der Waals surface area contributed by atoms with Crippen molar-refractivity contribution in [2.45, 2.75) is 38.5 Å². The summed E-state index contributed by atoms with van der Waals surface area (Å²) in [6, 6.07) is 3.27. The maximum absolute atomic E-state index is 12.7. The molecule has 0 bridgehead atoms. The van der Waals surface area contributed by atoms with Crippen LogP contribution >= 0.6 is 0 Å². The molecule has 1 heterocycles. The van der Waals surface area contributed by atoms with E-state index in [1.54, 1.807) is 18.3 Å². The van der Waals surface area contributed by atoms with Gasteiger partial charge in [-0.2, -0.15) is 4.31 Å². The Kier molecular flexibility index (Phi) is 6.24. The number of pyridine rings is 1. The van der Waals surface area contributed by atoms with E-state index >= 15 is 0 Å². The van der Waals surface area contributed by atoms with Gasteiger partial charge in [-0.15, -0.1) is 0 Å². The summed E-state index contributed by atoms with van der Waals surface area (Å²) < 4.78 is 26.8. The monoisotopic (exact) mass is 285 g/mol. The first-order chi connectivity index (χ1) is 9.07. The number of aromatic nitrogens is 1. The topological polar surface area (TPSA) is 62.3 Å². The highest BCUT2D eigenvalue weighted by Gasteiger charge is 2.26. The van der Waals surface area contributed by atoms with Gasteiger partial charge in [-0.25, -0.2) is 13.4 Å². The van der Waals surface area contributed by atoms with Gasteiger partial charge in [0.1, 0.15) is 10.7 Å². The molecule has 0 unspecified atom stereocenters. The highest BCUT2D eigenvalue weighted by atomic mass is 32.2. The van der Waals surface area contributed by atoms with Gasteiger partial charge in [-0.05, 0) is 31.9 Å². The van der Waals surface area contributed by atoms with Crippen molar-refractivity contribution in [2.75, 3.05) is 25.0 Å². The van der Waals surface area contributed by atoms with Crippen LogP contribution < -0.4 is 5.32 Å². The van der Waals surface area contributed by atoms with Crippen molar-refractivity contribution in [1.29, 1.82) is 0 Å². The van der Waals surface area contributed by atoms with Crippen molar-refractivity contribution >= 4 is 15.8 Å². The predicted molar refractivity (Wildman–Crippen MR) is 77.7 cm³/mol. The van der Waals surface area contributed by atoms with Crippen molar-refractivity contribution in [3.63, 3.8) is 0 Å². The summed E-state index contributed by atoms with van der Waals surface area (Å²) in [7, 11) is -3.47. The number of hydrogen-bond acceptors (Lipinski definition) is 4. The van der Waals surface area contributed by atoms with Crippen molar-refractivity contribution < 1.29 is 8.42 Å². The van der Waals surface area contributed by atoms with Gasteiger partial charge in [0.15, 0.2) is 0 Å². The Morgan fingerprint density at radius 2 is 1.84 bits per heavy atom.